The third kappa shape index (κ3) is 2.85. The molecular formula is C13H19ClN2. The van der Waals surface area contributed by atoms with Crippen LogP contribution < -0.4 is 5.73 Å². The van der Waals surface area contributed by atoms with Crippen molar-refractivity contribution in [2.45, 2.75) is 13.0 Å². The van der Waals surface area contributed by atoms with Gasteiger partial charge in [-0.2, -0.15) is 0 Å². The maximum atomic E-state index is 5.75. The van der Waals surface area contributed by atoms with Crippen LogP contribution in [-0.4, -0.2) is 25.0 Å². The highest BCUT2D eigenvalue weighted by atomic mass is 35.5. The first kappa shape index (κ1) is 13.2. The minimum atomic E-state index is 0. The van der Waals surface area contributed by atoms with Crippen LogP contribution in [0, 0.1) is 0 Å². The molecule has 1 aromatic rings. The average molecular weight is 239 g/mol. The van der Waals surface area contributed by atoms with Gasteiger partial charge in [0.2, 0.25) is 0 Å². The molecule has 0 atom stereocenters. The van der Waals surface area contributed by atoms with Crippen molar-refractivity contribution in [3.8, 4) is 0 Å². The second-order valence-electron chi connectivity index (χ2n) is 4.10. The number of likely N-dealkylation sites (N-methyl/N-ethyl adjacent to an activating group) is 1. The van der Waals surface area contributed by atoms with Crippen molar-refractivity contribution in [2.75, 3.05) is 20.1 Å². The molecule has 0 fully saturated rings. The predicted octanol–water partition coefficient (Wildman–Crippen LogP) is 2.29. The van der Waals surface area contributed by atoms with Gasteiger partial charge in [-0.15, -0.1) is 12.4 Å². The lowest BCUT2D eigenvalue weighted by molar-refractivity contribution is 0.370. The molecule has 1 aliphatic rings. The summed E-state index contributed by atoms with van der Waals surface area (Å²) in [6.07, 6.45) is 3.45. The third-order valence-electron chi connectivity index (χ3n) is 3.00. The summed E-state index contributed by atoms with van der Waals surface area (Å²) >= 11 is 0. The maximum absolute atomic E-state index is 5.75. The van der Waals surface area contributed by atoms with E-state index in [0.717, 1.165) is 19.5 Å². The topological polar surface area (TPSA) is 29.3 Å². The van der Waals surface area contributed by atoms with Crippen LogP contribution in [0.1, 0.15) is 17.5 Å². The lowest BCUT2D eigenvalue weighted by atomic mass is 9.95. The predicted molar refractivity (Wildman–Crippen MR) is 71.7 cm³/mol. The SMILES string of the molecule is CN1CC=C(c2ccccc2CN)CC1.Cl. The van der Waals surface area contributed by atoms with E-state index in [1.807, 2.05) is 0 Å². The molecule has 88 valence electrons. The normalized spacial score (nSPS) is 16.5. The van der Waals surface area contributed by atoms with Crippen molar-refractivity contribution in [1.29, 1.82) is 0 Å². The van der Waals surface area contributed by atoms with Crippen molar-refractivity contribution in [3.05, 3.63) is 41.5 Å². The van der Waals surface area contributed by atoms with E-state index in [2.05, 4.69) is 42.3 Å². The van der Waals surface area contributed by atoms with Crippen molar-refractivity contribution in [3.63, 3.8) is 0 Å². The van der Waals surface area contributed by atoms with Gasteiger partial charge in [0, 0.05) is 19.6 Å². The van der Waals surface area contributed by atoms with E-state index in [-0.39, 0.29) is 12.4 Å². The number of rotatable bonds is 2. The van der Waals surface area contributed by atoms with Crippen LogP contribution in [0.3, 0.4) is 0 Å². The molecule has 0 amide bonds. The van der Waals surface area contributed by atoms with Crippen LogP contribution in [0.25, 0.3) is 5.57 Å². The molecule has 2 N–H and O–H groups in total. The first-order valence-corrected chi connectivity index (χ1v) is 5.47. The number of nitrogens with zero attached hydrogens (tertiary/aromatic N) is 1. The number of hydrogen-bond acceptors (Lipinski definition) is 2. The zero-order chi connectivity index (χ0) is 10.7. The number of benzene rings is 1. The molecule has 0 bridgehead atoms. The quantitative estimate of drug-likeness (QED) is 0.857. The Balaban J connectivity index is 0.00000128. The molecule has 0 radical (unpaired) electrons. The summed E-state index contributed by atoms with van der Waals surface area (Å²) in [5.74, 6) is 0. The Morgan fingerprint density at radius 1 is 1.31 bits per heavy atom. The van der Waals surface area contributed by atoms with E-state index in [4.69, 9.17) is 5.73 Å². The minimum Gasteiger partial charge on any atom is -0.326 e. The number of halogens is 1. The van der Waals surface area contributed by atoms with Gasteiger partial charge in [-0.05, 0) is 30.2 Å². The standard InChI is InChI=1S/C13H18N2.ClH/c1-15-8-6-11(7-9-15)13-5-3-2-4-12(13)10-14;/h2-6H,7-10,14H2,1H3;1H. The molecule has 0 spiro atoms. The molecule has 0 aliphatic carbocycles. The average Bonchev–Trinajstić information content (AvgIpc) is 2.30. The maximum Gasteiger partial charge on any atom is 0.0184 e. The Labute approximate surface area is 104 Å². The first-order valence-electron chi connectivity index (χ1n) is 5.47. The second kappa shape index (κ2) is 6.04. The van der Waals surface area contributed by atoms with E-state index < -0.39 is 0 Å². The summed E-state index contributed by atoms with van der Waals surface area (Å²) in [4.78, 5) is 2.33. The minimum absolute atomic E-state index is 0. The lowest BCUT2D eigenvalue weighted by Crippen LogP contribution is -2.24. The van der Waals surface area contributed by atoms with E-state index in [0.29, 0.717) is 6.54 Å². The molecule has 0 unspecified atom stereocenters. The molecule has 1 heterocycles. The molecule has 0 saturated heterocycles. The van der Waals surface area contributed by atoms with Gasteiger partial charge in [-0.25, -0.2) is 0 Å². The summed E-state index contributed by atoms with van der Waals surface area (Å²) in [6, 6.07) is 8.45. The Bertz CT molecular complexity index is 374. The molecular weight excluding hydrogens is 220 g/mol. The van der Waals surface area contributed by atoms with Gasteiger partial charge in [-0.3, -0.25) is 0 Å². The van der Waals surface area contributed by atoms with E-state index in [1.165, 1.54) is 16.7 Å². The van der Waals surface area contributed by atoms with Crippen LogP contribution in [0.15, 0.2) is 30.3 Å². The summed E-state index contributed by atoms with van der Waals surface area (Å²) in [5.41, 5.74) is 9.80. The number of hydrogen-bond donors (Lipinski definition) is 1. The first-order chi connectivity index (χ1) is 7.31. The van der Waals surface area contributed by atoms with Crippen molar-refractivity contribution in [2.24, 2.45) is 5.73 Å². The zero-order valence-electron chi connectivity index (χ0n) is 9.65. The van der Waals surface area contributed by atoms with E-state index in [1.54, 1.807) is 0 Å². The van der Waals surface area contributed by atoms with Crippen molar-refractivity contribution < 1.29 is 0 Å². The highest BCUT2D eigenvalue weighted by molar-refractivity contribution is 5.85. The van der Waals surface area contributed by atoms with Gasteiger partial charge in [0.05, 0.1) is 0 Å². The van der Waals surface area contributed by atoms with Gasteiger partial charge in [0.25, 0.3) is 0 Å². The Hall–Kier alpha value is -0.830. The molecule has 1 aliphatic heterocycles. The van der Waals surface area contributed by atoms with Gasteiger partial charge in [0.15, 0.2) is 0 Å². The fourth-order valence-electron chi connectivity index (χ4n) is 2.03. The highest BCUT2D eigenvalue weighted by Gasteiger charge is 2.11. The summed E-state index contributed by atoms with van der Waals surface area (Å²) in [5, 5.41) is 0. The number of nitrogens with two attached hydrogens (primary N) is 1. The summed E-state index contributed by atoms with van der Waals surface area (Å²) in [7, 11) is 2.15. The van der Waals surface area contributed by atoms with Gasteiger partial charge in [0.1, 0.15) is 0 Å². The zero-order valence-corrected chi connectivity index (χ0v) is 10.5. The molecule has 0 saturated carbocycles. The van der Waals surface area contributed by atoms with Gasteiger partial charge >= 0.3 is 0 Å². The highest BCUT2D eigenvalue weighted by Crippen LogP contribution is 2.24. The fraction of sp³-hybridized carbons (Fsp3) is 0.385. The third-order valence-corrected chi connectivity index (χ3v) is 3.00. The van der Waals surface area contributed by atoms with Crippen LogP contribution in [0.5, 0.6) is 0 Å². The van der Waals surface area contributed by atoms with Crippen LogP contribution in [-0.2, 0) is 6.54 Å². The summed E-state index contributed by atoms with van der Waals surface area (Å²) in [6.45, 7) is 2.82. The molecule has 1 aromatic carbocycles. The fourth-order valence-corrected chi connectivity index (χ4v) is 2.03. The monoisotopic (exact) mass is 238 g/mol. The van der Waals surface area contributed by atoms with Crippen LogP contribution in [0.2, 0.25) is 0 Å². The van der Waals surface area contributed by atoms with Crippen molar-refractivity contribution in [1.82, 2.24) is 4.90 Å². The van der Waals surface area contributed by atoms with Gasteiger partial charge < -0.3 is 10.6 Å². The molecule has 2 rings (SSSR count). The Morgan fingerprint density at radius 2 is 2.06 bits per heavy atom. The smallest absolute Gasteiger partial charge is 0.0184 e. The molecule has 2 nitrogen and oxygen atoms in total. The second-order valence-corrected chi connectivity index (χ2v) is 4.10. The van der Waals surface area contributed by atoms with Crippen molar-refractivity contribution >= 4 is 18.0 Å². The molecule has 3 heteroatoms. The van der Waals surface area contributed by atoms with Gasteiger partial charge in [-0.1, -0.05) is 30.3 Å². The van der Waals surface area contributed by atoms with Crippen LogP contribution >= 0.6 is 12.4 Å². The summed E-state index contributed by atoms with van der Waals surface area (Å²) < 4.78 is 0. The Kier molecular flexibility index (Phi) is 5.00. The van der Waals surface area contributed by atoms with E-state index in [9.17, 15) is 0 Å². The van der Waals surface area contributed by atoms with Crippen LogP contribution in [0.4, 0.5) is 0 Å². The molecule has 16 heavy (non-hydrogen) atoms. The largest absolute Gasteiger partial charge is 0.326 e. The van der Waals surface area contributed by atoms with E-state index >= 15 is 0 Å². The Morgan fingerprint density at radius 3 is 2.69 bits per heavy atom. The lowest BCUT2D eigenvalue weighted by Gasteiger charge is -2.23. The molecule has 0 aromatic heterocycles.